The minimum Gasteiger partial charge on any atom is -0.329 e. The SMILES string of the molecule is NCCNC1(N=C=S)C=c2c(=O)[nH][nH]c(=O)c2=CC1N=C=S. The van der Waals surface area contributed by atoms with Crippen LogP contribution in [-0.4, -0.2) is 45.3 Å². The third-order valence-electron chi connectivity index (χ3n) is 3.18. The Morgan fingerprint density at radius 2 is 1.95 bits per heavy atom. The van der Waals surface area contributed by atoms with E-state index in [0.29, 0.717) is 13.1 Å². The quantitative estimate of drug-likeness (QED) is 0.346. The van der Waals surface area contributed by atoms with Gasteiger partial charge in [-0.2, -0.15) is 0 Å². The molecule has 0 radical (unpaired) electrons. The highest BCUT2D eigenvalue weighted by Gasteiger charge is 2.37. The number of aromatic nitrogens is 2. The van der Waals surface area contributed by atoms with Gasteiger partial charge in [-0.3, -0.25) is 25.1 Å². The van der Waals surface area contributed by atoms with Crippen LogP contribution in [0.2, 0.25) is 0 Å². The Kier molecular flexibility index (Phi) is 5.04. The fourth-order valence-corrected chi connectivity index (χ4v) is 2.49. The number of hydrogen-bond donors (Lipinski definition) is 4. The fourth-order valence-electron chi connectivity index (χ4n) is 2.23. The molecule has 2 unspecified atom stereocenters. The molecule has 0 saturated heterocycles. The summed E-state index contributed by atoms with van der Waals surface area (Å²) in [5.41, 5.74) is 3.40. The van der Waals surface area contributed by atoms with Gasteiger partial charge in [0.2, 0.25) is 0 Å². The maximum atomic E-state index is 12.0. The summed E-state index contributed by atoms with van der Waals surface area (Å²) in [6, 6.07) is -0.706. The van der Waals surface area contributed by atoms with E-state index < -0.39 is 22.8 Å². The first-order valence-corrected chi connectivity index (χ1v) is 7.06. The van der Waals surface area contributed by atoms with Gasteiger partial charge in [0.1, 0.15) is 6.04 Å². The Hall–Kier alpha value is -2.06. The molecule has 22 heavy (non-hydrogen) atoms. The molecule has 10 heteroatoms. The first kappa shape index (κ1) is 16.3. The lowest BCUT2D eigenvalue weighted by atomic mass is 9.93. The molecule has 1 aromatic rings. The maximum Gasteiger partial charge on any atom is 0.270 e. The molecule has 0 spiro atoms. The van der Waals surface area contributed by atoms with E-state index in [1.54, 1.807) is 0 Å². The average molecular weight is 336 g/mol. The van der Waals surface area contributed by atoms with Crippen LogP contribution < -0.4 is 32.6 Å². The van der Waals surface area contributed by atoms with E-state index in [1.165, 1.54) is 12.2 Å². The highest BCUT2D eigenvalue weighted by molar-refractivity contribution is 7.78. The molecule has 8 nitrogen and oxygen atoms in total. The van der Waals surface area contributed by atoms with Gasteiger partial charge in [0.15, 0.2) is 5.66 Å². The van der Waals surface area contributed by atoms with Gasteiger partial charge in [0.25, 0.3) is 11.1 Å². The number of rotatable bonds is 5. The molecule has 1 aliphatic rings. The largest absolute Gasteiger partial charge is 0.329 e. The van der Waals surface area contributed by atoms with Crippen molar-refractivity contribution < 1.29 is 0 Å². The third-order valence-corrected chi connectivity index (χ3v) is 3.38. The Bertz CT molecular complexity index is 907. The van der Waals surface area contributed by atoms with Crippen LogP contribution in [0.4, 0.5) is 0 Å². The number of H-pyrrole nitrogens is 2. The molecule has 5 N–H and O–H groups in total. The second kappa shape index (κ2) is 6.80. The zero-order valence-electron chi connectivity index (χ0n) is 11.3. The zero-order chi connectivity index (χ0) is 16.2. The van der Waals surface area contributed by atoms with Crippen molar-refractivity contribution in [1.82, 2.24) is 15.5 Å². The number of hydrogen-bond acceptors (Lipinski definition) is 8. The van der Waals surface area contributed by atoms with E-state index in [-0.39, 0.29) is 10.4 Å². The summed E-state index contributed by atoms with van der Waals surface area (Å²) in [6.45, 7) is 0.708. The Labute approximate surface area is 134 Å². The molecule has 0 bridgehead atoms. The van der Waals surface area contributed by atoms with Crippen molar-refractivity contribution in [3.63, 3.8) is 0 Å². The molecule has 0 aliphatic heterocycles. The van der Waals surface area contributed by atoms with Gasteiger partial charge in [0.05, 0.1) is 20.8 Å². The predicted octanol–water partition coefficient (Wildman–Crippen LogP) is -2.54. The Balaban J connectivity index is 2.86. The van der Waals surface area contributed by atoms with Crippen LogP contribution >= 0.6 is 24.4 Å². The first-order chi connectivity index (χ1) is 10.6. The van der Waals surface area contributed by atoms with Crippen LogP contribution in [0, 0.1) is 0 Å². The normalized spacial score (nSPS) is 22.3. The van der Waals surface area contributed by atoms with Gasteiger partial charge in [-0.25, -0.2) is 9.98 Å². The molecule has 0 aromatic carbocycles. The lowest BCUT2D eigenvalue weighted by Crippen LogP contribution is -2.62. The molecular formula is C12H12N6O2S2. The number of aliphatic imine (C=N–C) groups is 2. The van der Waals surface area contributed by atoms with Gasteiger partial charge in [-0.05, 0) is 36.6 Å². The summed E-state index contributed by atoms with van der Waals surface area (Å²) in [7, 11) is 0. The number of nitrogens with zero attached hydrogens (tertiary/aromatic N) is 2. The van der Waals surface area contributed by atoms with Crippen LogP contribution in [0.15, 0.2) is 19.6 Å². The topological polar surface area (TPSA) is 128 Å². The molecule has 1 aromatic heterocycles. The molecule has 0 saturated carbocycles. The number of nitrogens with two attached hydrogens (primary N) is 1. The first-order valence-electron chi connectivity index (χ1n) is 6.25. The second-order valence-electron chi connectivity index (χ2n) is 4.46. The van der Waals surface area contributed by atoms with E-state index in [4.69, 9.17) is 5.73 Å². The van der Waals surface area contributed by atoms with Gasteiger partial charge in [-0.1, -0.05) is 0 Å². The summed E-state index contributed by atoms with van der Waals surface area (Å²) >= 11 is 9.33. The van der Waals surface area contributed by atoms with E-state index in [2.05, 4.69) is 60.3 Å². The second-order valence-corrected chi connectivity index (χ2v) is 4.82. The number of aromatic amines is 2. The third kappa shape index (κ3) is 2.93. The monoisotopic (exact) mass is 336 g/mol. The zero-order valence-corrected chi connectivity index (χ0v) is 12.9. The van der Waals surface area contributed by atoms with Crippen LogP contribution in [-0.2, 0) is 0 Å². The highest BCUT2D eigenvalue weighted by Crippen LogP contribution is 2.20. The summed E-state index contributed by atoms with van der Waals surface area (Å²) < 4.78 is 0. The van der Waals surface area contributed by atoms with Crippen LogP contribution in [0.5, 0.6) is 0 Å². The summed E-state index contributed by atoms with van der Waals surface area (Å²) in [5.74, 6) is 0. The van der Waals surface area contributed by atoms with Crippen LogP contribution in [0.1, 0.15) is 0 Å². The molecule has 1 aliphatic carbocycles. The van der Waals surface area contributed by atoms with Crippen molar-refractivity contribution in [3.8, 4) is 0 Å². The van der Waals surface area contributed by atoms with Crippen molar-refractivity contribution in [2.24, 2.45) is 15.7 Å². The fraction of sp³-hybridized carbons (Fsp3) is 0.333. The molecule has 1 heterocycles. The lowest BCUT2D eigenvalue weighted by molar-refractivity contribution is 0.421. The average Bonchev–Trinajstić information content (AvgIpc) is 2.51. The van der Waals surface area contributed by atoms with Gasteiger partial charge < -0.3 is 5.73 Å². The predicted molar refractivity (Wildman–Crippen MR) is 89.5 cm³/mol. The van der Waals surface area contributed by atoms with Gasteiger partial charge in [-0.15, -0.1) is 0 Å². The van der Waals surface area contributed by atoms with Crippen LogP contribution in [0.3, 0.4) is 0 Å². The van der Waals surface area contributed by atoms with Crippen molar-refractivity contribution in [1.29, 1.82) is 0 Å². The minimum atomic E-state index is -1.19. The molecule has 114 valence electrons. The Morgan fingerprint density at radius 3 is 2.55 bits per heavy atom. The van der Waals surface area contributed by atoms with Crippen molar-refractivity contribution in [2.75, 3.05) is 13.1 Å². The number of thiocarbonyl (C=S) groups is 2. The Morgan fingerprint density at radius 1 is 1.27 bits per heavy atom. The summed E-state index contributed by atoms with van der Waals surface area (Å²) in [4.78, 5) is 31.9. The molecule has 0 amide bonds. The minimum absolute atomic E-state index is 0.165. The van der Waals surface area contributed by atoms with E-state index >= 15 is 0 Å². The van der Waals surface area contributed by atoms with E-state index in [1.807, 2.05) is 0 Å². The summed E-state index contributed by atoms with van der Waals surface area (Å²) in [5, 5.41) is 12.5. The highest BCUT2D eigenvalue weighted by atomic mass is 32.1. The van der Waals surface area contributed by atoms with Crippen molar-refractivity contribution >= 4 is 46.9 Å². The smallest absolute Gasteiger partial charge is 0.270 e. The molecule has 0 fully saturated rings. The molecule has 2 atom stereocenters. The van der Waals surface area contributed by atoms with Crippen LogP contribution in [0.25, 0.3) is 12.2 Å². The van der Waals surface area contributed by atoms with E-state index in [0.717, 1.165) is 0 Å². The number of isothiocyanates is 2. The molecular weight excluding hydrogens is 324 g/mol. The maximum absolute atomic E-state index is 12.0. The van der Waals surface area contributed by atoms with Crippen molar-refractivity contribution in [3.05, 3.63) is 31.1 Å². The van der Waals surface area contributed by atoms with Gasteiger partial charge >= 0.3 is 0 Å². The molecule has 2 rings (SSSR count). The van der Waals surface area contributed by atoms with E-state index in [9.17, 15) is 9.59 Å². The van der Waals surface area contributed by atoms with Gasteiger partial charge in [0, 0.05) is 13.1 Å². The number of fused-ring (bicyclic) bond motifs is 1. The number of nitrogens with one attached hydrogen (secondary N) is 3. The lowest BCUT2D eigenvalue weighted by Gasteiger charge is -2.31. The summed E-state index contributed by atoms with van der Waals surface area (Å²) in [6.07, 6.45) is 2.97. The van der Waals surface area contributed by atoms with Crippen molar-refractivity contribution in [2.45, 2.75) is 11.7 Å². The standard InChI is InChI=1S/C12H12N6O2S2/c13-1-2-15-12(16-6-22)4-8-7(3-9(12)14-5-21)10(19)17-18-11(8)20/h3-4,9,15H,1-2,13H2,(H,17,19)(H,18,20).